The maximum absolute atomic E-state index is 13.2. The summed E-state index contributed by atoms with van der Waals surface area (Å²) in [5.41, 5.74) is 0.311. The van der Waals surface area contributed by atoms with Crippen molar-refractivity contribution in [1.29, 1.82) is 0 Å². The lowest BCUT2D eigenvalue weighted by Gasteiger charge is -2.07. The highest BCUT2D eigenvalue weighted by molar-refractivity contribution is 6.30. The van der Waals surface area contributed by atoms with Gasteiger partial charge in [0.1, 0.15) is 5.82 Å². The molecule has 1 aromatic carbocycles. The zero-order valence-corrected chi connectivity index (χ0v) is 9.07. The molecule has 0 spiro atoms. The molecule has 0 unspecified atom stereocenters. The third-order valence-electron chi connectivity index (χ3n) is 1.87. The zero-order chi connectivity index (χ0) is 11.3. The minimum Gasteiger partial charge on any atom is -0.382 e. The van der Waals surface area contributed by atoms with E-state index in [1.165, 1.54) is 18.2 Å². The van der Waals surface area contributed by atoms with Crippen LogP contribution in [0.1, 0.15) is 6.42 Å². The number of benzene rings is 1. The van der Waals surface area contributed by atoms with Crippen LogP contribution in [0.4, 0.5) is 10.1 Å². The number of hydrogen-bond acceptors (Lipinski definition) is 2. The molecule has 0 heterocycles. The SMILES string of the molecule is CNC(=O)CCNc1cc(Cl)ccc1F. The van der Waals surface area contributed by atoms with Crippen LogP contribution in [0.25, 0.3) is 0 Å². The van der Waals surface area contributed by atoms with Crippen LogP contribution in [0.2, 0.25) is 5.02 Å². The molecule has 2 N–H and O–H groups in total. The first-order valence-electron chi connectivity index (χ1n) is 4.53. The molecular formula is C10H12ClFN2O. The monoisotopic (exact) mass is 230 g/mol. The molecule has 0 radical (unpaired) electrons. The van der Waals surface area contributed by atoms with Crippen LogP contribution in [0.3, 0.4) is 0 Å². The standard InChI is InChI=1S/C10H12ClFN2O/c1-13-10(15)4-5-14-9-6-7(11)2-3-8(9)12/h2-3,6,14H,4-5H2,1H3,(H,13,15). The normalized spacial score (nSPS) is 9.80. The molecule has 1 aromatic rings. The van der Waals surface area contributed by atoms with E-state index in [2.05, 4.69) is 10.6 Å². The average Bonchev–Trinajstić information content (AvgIpc) is 2.23. The predicted molar refractivity (Wildman–Crippen MR) is 58.6 cm³/mol. The Kier molecular flexibility index (Phi) is 4.37. The Morgan fingerprint density at radius 2 is 2.27 bits per heavy atom. The fraction of sp³-hybridized carbons (Fsp3) is 0.300. The van der Waals surface area contributed by atoms with Crippen molar-refractivity contribution >= 4 is 23.2 Å². The van der Waals surface area contributed by atoms with Gasteiger partial charge in [0, 0.05) is 25.0 Å². The molecule has 5 heteroatoms. The maximum Gasteiger partial charge on any atom is 0.221 e. The minimum atomic E-state index is -0.378. The Bertz CT molecular complexity index is 357. The summed E-state index contributed by atoms with van der Waals surface area (Å²) >= 11 is 5.70. The smallest absolute Gasteiger partial charge is 0.221 e. The summed E-state index contributed by atoms with van der Waals surface area (Å²) in [6.45, 7) is 0.372. The van der Waals surface area contributed by atoms with Crippen LogP contribution < -0.4 is 10.6 Å². The van der Waals surface area contributed by atoms with Crippen molar-refractivity contribution in [2.45, 2.75) is 6.42 Å². The summed E-state index contributed by atoms with van der Waals surface area (Å²) in [6.07, 6.45) is 0.294. The maximum atomic E-state index is 13.2. The molecule has 1 rings (SSSR count). The van der Waals surface area contributed by atoms with Gasteiger partial charge in [-0.25, -0.2) is 4.39 Å². The van der Waals surface area contributed by atoms with Gasteiger partial charge in [-0.15, -0.1) is 0 Å². The molecule has 0 saturated heterocycles. The molecule has 15 heavy (non-hydrogen) atoms. The largest absolute Gasteiger partial charge is 0.382 e. The summed E-state index contributed by atoms with van der Waals surface area (Å²) < 4.78 is 13.2. The second-order valence-electron chi connectivity index (χ2n) is 2.97. The van der Waals surface area contributed by atoms with Crippen LogP contribution in [0.5, 0.6) is 0 Å². The van der Waals surface area contributed by atoms with E-state index in [9.17, 15) is 9.18 Å². The van der Waals surface area contributed by atoms with E-state index in [0.29, 0.717) is 23.7 Å². The Hall–Kier alpha value is -1.29. The third kappa shape index (κ3) is 3.75. The molecule has 0 atom stereocenters. The van der Waals surface area contributed by atoms with E-state index in [4.69, 9.17) is 11.6 Å². The molecule has 3 nitrogen and oxygen atoms in total. The van der Waals surface area contributed by atoms with Gasteiger partial charge in [-0.1, -0.05) is 11.6 Å². The first-order chi connectivity index (χ1) is 7.13. The molecular weight excluding hydrogens is 219 g/mol. The number of rotatable bonds is 4. The first-order valence-corrected chi connectivity index (χ1v) is 4.91. The summed E-state index contributed by atoms with van der Waals surface area (Å²) in [4.78, 5) is 10.9. The van der Waals surface area contributed by atoms with Gasteiger partial charge in [-0.05, 0) is 18.2 Å². The molecule has 0 aliphatic carbocycles. The number of hydrogen-bond donors (Lipinski definition) is 2. The molecule has 0 bridgehead atoms. The lowest BCUT2D eigenvalue weighted by atomic mass is 10.3. The lowest BCUT2D eigenvalue weighted by molar-refractivity contribution is -0.120. The second kappa shape index (κ2) is 5.56. The number of carbonyl (C=O) groups excluding carboxylic acids is 1. The summed E-state index contributed by atoms with van der Waals surface area (Å²) in [6, 6.07) is 4.24. The fourth-order valence-electron chi connectivity index (χ4n) is 1.07. The van der Waals surface area contributed by atoms with Gasteiger partial charge >= 0.3 is 0 Å². The van der Waals surface area contributed by atoms with Crippen molar-refractivity contribution in [3.8, 4) is 0 Å². The second-order valence-corrected chi connectivity index (χ2v) is 3.41. The Balaban J connectivity index is 2.50. The van der Waals surface area contributed by atoms with E-state index in [-0.39, 0.29) is 11.7 Å². The van der Waals surface area contributed by atoms with E-state index in [1.807, 2.05) is 0 Å². The quantitative estimate of drug-likeness (QED) is 0.831. The number of amides is 1. The van der Waals surface area contributed by atoms with E-state index in [0.717, 1.165) is 0 Å². The molecule has 0 fully saturated rings. The van der Waals surface area contributed by atoms with Gasteiger partial charge in [0.05, 0.1) is 5.69 Å². The number of halogens is 2. The van der Waals surface area contributed by atoms with Crippen molar-refractivity contribution < 1.29 is 9.18 Å². The topological polar surface area (TPSA) is 41.1 Å². The van der Waals surface area contributed by atoms with Crippen LogP contribution in [0, 0.1) is 5.82 Å². The number of anilines is 1. The highest BCUT2D eigenvalue weighted by atomic mass is 35.5. The highest BCUT2D eigenvalue weighted by Crippen LogP contribution is 2.19. The van der Waals surface area contributed by atoms with E-state index in [1.54, 1.807) is 7.05 Å². The molecule has 82 valence electrons. The van der Waals surface area contributed by atoms with Crippen molar-refractivity contribution in [3.05, 3.63) is 29.0 Å². The van der Waals surface area contributed by atoms with Crippen LogP contribution >= 0.6 is 11.6 Å². The van der Waals surface area contributed by atoms with Crippen molar-refractivity contribution in [2.75, 3.05) is 18.9 Å². The number of nitrogens with one attached hydrogen (secondary N) is 2. The summed E-state index contributed by atoms with van der Waals surface area (Å²) in [5.74, 6) is -0.471. The lowest BCUT2D eigenvalue weighted by Crippen LogP contribution is -2.21. The Morgan fingerprint density at radius 3 is 2.93 bits per heavy atom. The predicted octanol–water partition coefficient (Wildman–Crippen LogP) is 2.03. The van der Waals surface area contributed by atoms with Gasteiger partial charge in [0.25, 0.3) is 0 Å². The molecule has 0 saturated carbocycles. The summed E-state index contributed by atoms with van der Waals surface area (Å²) in [5, 5.41) is 5.73. The van der Waals surface area contributed by atoms with Gasteiger partial charge in [-0.2, -0.15) is 0 Å². The molecule has 0 aromatic heterocycles. The van der Waals surface area contributed by atoms with Crippen molar-refractivity contribution in [2.24, 2.45) is 0 Å². The minimum absolute atomic E-state index is 0.0927. The molecule has 0 aliphatic rings. The Labute approximate surface area is 92.6 Å². The molecule has 1 amide bonds. The highest BCUT2D eigenvalue weighted by Gasteiger charge is 2.03. The van der Waals surface area contributed by atoms with Gasteiger partial charge in [-0.3, -0.25) is 4.79 Å². The molecule has 0 aliphatic heterocycles. The van der Waals surface area contributed by atoms with Crippen molar-refractivity contribution in [3.63, 3.8) is 0 Å². The van der Waals surface area contributed by atoms with Crippen molar-refractivity contribution in [1.82, 2.24) is 5.32 Å². The fourth-order valence-corrected chi connectivity index (χ4v) is 1.24. The summed E-state index contributed by atoms with van der Waals surface area (Å²) in [7, 11) is 1.56. The van der Waals surface area contributed by atoms with Gasteiger partial charge < -0.3 is 10.6 Å². The average molecular weight is 231 g/mol. The van der Waals surface area contributed by atoms with E-state index >= 15 is 0 Å². The van der Waals surface area contributed by atoms with Crippen LogP contribution in [0.15, 0.2) is 18.2 Å². The third-order valence-corrected chi connectivity index (χ3v) is 2.11. The van der Waals surface area contributed by atoms with Crippen LogP contribution in [-0.4, -0.2) is 19.5 Å². The number of carbonyl (C=O) groups is 1. The van der Waals surface area contributed by atoms with Gasteiger partial charge in [0.15, 0.2) is 0 Å². The zero-order valence-electron chi connectivity index (χ0n) is 8.31. The first kappa shape index (κ1) is 11.8. The van der Waals surface area contributed by atoms with E-state index < -0.39 is 0 Å². The Morgan fingerprint density at radius 1 is 1.53 bits per heavy atom. The van der Waals surface area contributed by atoms with Crippen LogP contribution in [-0.2, 0) is 4.79 Å². The van der Waals surface area contributed by atoms with Gasteiger partial charge in [0.2, 0.25) is 5.91 Å².